The number of carbonyl (C=O) groups is 1. The zero-order valence-electron chi connectivity index (χ0n) is 10.5. The van der Waals surface area contributed by atoms with Crippen molar-refractivity contribution in [1.82, 2.24) is 4.98 Å². The lowest BCUT2D eigenvalue weighted by molar-refractivity contribution is -0.120. The summed E-state index contributed by atoms with van der Waals surface area (Å²) in [4.78, 5) is 16.4. The molecule has 1 aromatic rings. The van der Waals surface area contributed by atoms with Crippen molar-refractivity contribution in [1.29, 1.82) is 0 Å². The quantitative estimate of drug-likeness (QED) is 0.892. The molecule has 1 amide bonds. The van der Waals surface area contributed by atoms with Crippen LogP contribution < -0.4 is 5.32 Å². The van der Waals surface area contributed by atoms with Crippen molar-refractivity contribution in [3.63, 3.8) is 0 Å². The largest absolute Gasteiger partial charge is 0.310 e. The first-order valence-corrected chi connectivity index (χ1v) is 7.48. The summed E-state index contributed by atoms with van der Waals surface area (Å²) in [6, 6.07) is 3.73. The molecule has 1 aliphatic carbocycles. The van der Waals surface area contributed by atoms with Crippen LogP contribution in [-0.2, 0) is 4.79 Å². The Kier molecular flexibility index (Phi) is 5.17. The number of hydrogen-bond acceptors (Lipinski definition) is 2. The number of aromatic nitrogens is 1. The summed E-state index contributed by atoms with van der Waals surface area (Å²) in [6.45, 7) is 0. The second-order valence-electron chi connectivity index (χ2n) is 4.87. The Labute approximate surface area is 117 Å². The minimum atomic E-state index is 0.122. The van der Waals surface area contributed by atoms with Crippen LogP contribution in [0.2, 0.25) is 0 Å². The Morgan fingerprint density at radius 3 is 2.56 bits per heavy atom. The molecule has 98 valence electrons. The van der Waals surface area contributed by atoms with Gasteiger partial charge in [-0.15, -0.1) is 0 Å². The molecule has 1 fully saturated rings. The first-order chi connectivity index (χ1) is 8.77. The first-order valence-electron chi connectivity index (χ1n) is 6.69. The highest BCUT2D eigenvalue weighted by molar-refractivity contribution is 9.10. The van der Waals surface area contributed by atoms with Gasteiger partial charge in [-0.25, -0.2) is 4.98 Å². The third-order valence-electron chi connectivity index (χ3n) is 3.48. The number of nitrogens with zero attached hydrogens (tertiary/aromatic N) is 1. The second-order valence-corrected chi connectivity index (χ2v) is 5.72. The summed E-state index contributed by atoms with van der Waals surface area (Å²) < 4.78 is 0.837. The van der Waals surface area contributed by atoms with E-state index in [9.17, 15) is 4.79 Å². The standard InChI is InChI=1S/C14H19BrN2O/c15-12-9-6-10-16-13(12)17-14(18)11-7-4-2-1-3-5-8-11/h6,9-11H,1-5,7-8H2,(H,16,17,18). The topological polar surface area (TPSA) is 42.0 Å². The van der Waals surface area contributed by atoms with E-state index in [-0.39, 0.29) is 11.8 Å². The van der Waals surface area contributed by atoms with Crippen molar-refractivity contribution in [3.8, 4) is 0 Å². The summed E-state index contributed by atoms with van der Waals surface area (Å²) in [5.74, 6) is 0.903. The van der Waals surface area contributed by atoms with Gasteiger partial charge < -0.3 is 5.32 Å². The summed E-state index contributed by atoms with van der Waals surface area (Å²) in [7, 11) is 0. The minimum Gasteiger partial charge on any atom is -0.310 e. The van der Waals surface area contributed by atoms with E-state index in [0.29, 0.717) is 5.82 Å². The number of halogens is 1. The highest BCUT2D eigenvalue weighted by Gasteiger charge is 2.20. The maximum Gasteiger partial charge on any atom is 0.228 e. The Morgan fingerprint density at radius 1 is 1.22 bits per heavy atom. The van der Waals surface area contributed by atoms with Crippen LogP contribution in [-0.4, -0.2) is 10.9 Å². The van der Waals surface area contributed by atoms with Gasteiger partial charge in [-0.2, -0.15) is 0 Å². The molecule has 0 aromatic carbocycles. The number of amides is 1. The van der Waals surface area contributed by atoms with Crippen molar-refractivity contribution in [2.24, 2.45) is 5.92 Å². The van der Waals surface area contributed by atoms with Crippen LogP contribution in [0, 0.1) is 5.92 Å². The average Bonchev–Trinajstić information content (AvgIpc) is 2.31. The summed E-state index contributed by atoms with van der Waals surface area (Å²) in [5, 5.41) is 2.93. The van der Waals surface area contributed by atoms with Crippen LogP contribution in [0.4, 0.5) is 5.82 Å². The molecule has 1 aromatic heterocycles. The minimum absolute atomic E-state index is 0.122. The van der Waals surface area contributed by atoms with E-state index in [2.05, 4.69) is 26.2 Å². The number of hydrogen-bond donors (Lipinski definition) is 1. The molecule has 0 spiro atoms. The third-order valence-corrected chi connectivity index (χ3v) is 4.12. The molecule has 2 rings (SSSR count). The lowest BCUT2D eigenvalue weighted by atomic mass is 9.90. The molecule has 4 heteroatoms. The fourth-order valence-electron chi connectivity index (χ4n) is 2.41. The molecule has 1 N–H and O–H groups in total. The number of rotatable bonds is 2. The molecule has 0 aliphatic heterocycles. The molecule has 0 saturated heterocycles. The zero-order chi connectivity index (χ0) is 12.8. The van der Waals surface area contributed by atoms with Crippen molar-refractivity contribution >= 4 is 27.7 Å². The van der Waals surface area contributed by atoms with Gasteiger partial charge in [0.05, 0.1) is 4.47 Å². The molecule has 18 heavy (non-hydrogen) atoms. The number of anilines is 1. The Balaban J connectivity index is 1.96. The maximum absolute atomic E-state index is 12.2. The molecule has 0 bridgehead atoms. The lowest BCUT2D eigenvalue weighted by Gasteiger charge is -2.19. The molecule has 0 unspecified atom stereocenters. The number of pyridine rings is 1. The van der Waals surface area contributed by atoms with Crippen LogP contribution in [0.3, 0.4) is 0 Å². The van der Waals surface area contributed by atoms with E-state index in [0.717, 1.165) is 17.3 Å². The summed E-state index contributed by atoms with van der Waals surface area (Å²) in [5.41, 5.74) is 0. The molecule has 0 radical (unpaired) electrons. The van der Waals surface area contributed by atoms with Gasteiger partial charge in [0.25, 0.3) is 0 Å². The molecular formula is C14H19BrN2O. The fraction of sp³-hybridized carbons (Fsp3) is 0.571. The van der Waals surface area contributed by atoms with Gasteiger partial charge in [0.15, 0.2) is 0 Å². The number of nitrogens with one attached hydrogen (secondary N) is 1. The van der Waals surface area contributed by atoms with Crippen LogP contribution in [0.15, 0.2) is 22.8 Å². The van der Waals surface area contributed by atoms with Crippen LogP contribution >= 0.6 is 15.9 Å². The van der Waals surface area contributed by atoms with Crippen LogP contribution in [0.5, 0.6) is 0 Å². The fourth-order valence-corrected chi connectivity index (χ4v) is 2.77. The summed E-state index contributed by atoms with van der Waals surface area (Å²) in [6.07, 6.45) is 9.89. The highest BCUT2D eigenvalue weighted by Crippen LogP contribution is 2.25. The SMILES string of the molecule is O=C(Nc1ncccc1Br)C1CCCCCCC1. The van der Waals surface area contributed by atoms with Crippen molar-refractivity contribution < 1.29 is 4.79 Å². The molecule has 1 saturated carbocycles. The summed E-state index contributed by atoms with van der Waals surface area (Å²) >= 11 is 3.40. The Bertz CT molecular complexity index is 401. The van der Waals surface area contributed by atoms with Gasteiger partial charge in [-0.3, -0.25) is 4.79 Å². The normalized spacial score (nSPS) is 17.8. The van der Waals surface area contributed by atoms with Gasteiger partial charge in [0.2, 0.25) is 5.91 Å². The Morgan fingerprint density at radius 2 is 1.89 bits per heavy atom. The van der Waals surface area contributed by atoms with Gasteiger partial charge >= 0.3 is 0 Å². The predicted octanol–water partition coefficient (Wildman–Crippen LogP) is 4.14. The van der Waals surface area contributed by atoms with Gasteiger partial charge in [0, 0.05) is 12.1 Å². The highest BCUT2D eigenvalue weighted by atomic mass is 79.9. The van der Waals surface area contributed by atoms with E-state index < -0.39 is 0 Å². The maximum atomic E-state index is 12.2. The van der Waals surface area contributed by atoms with Crippen LogP contribution in [0.25, 0.3) is 0 Å². The molecule has 1 aliphatic rings. The predicted molar refractivity (Wildman–Crippen MR) is 76.4 cm³/mol. The zero-order valence-corrected chi connectivity index (χ0v) is 12.1. The van der Waals surface area contributed by atoms with Gasteiger partial charge in [-0.1, -0.05) is 32.1 Å². The average molecular weight is 311 g/mol. The van der Waals surface area contributed by atoms with Crippen molar-refractivity contribution in [2.45, 2.75) is 44.9 Å². The van der Waals surface area contributed by atoms with Gasteiger partial charge in [0.1, 0.15) is 5.82 Å². The second kappa shape index (κ2) is 6.88. The molecule has 0 atom stereocenters. The van der Waals surface area contributed by atoms with Crippen molar-refractivity contribution in [3.05, 3.63) is 22.8 Å². The van der Waals surface area contributed by atoms with E-state index >= 15 is 0 Å². The van der Waals surface area contributed by atoms with E-state index in [1.54, 1.807) is 6.20 Å². The molecular weight excluding hydrogens is 292 g/mol. The first kappa shape index (κ1) is 13.5. The van der Waals surface area contributed by atoms with Crippen LogP contribution in [0.1, 0.15) is 44.9 Å². The molecule has 3 nitrogen and oxygen atoms in total. The number of carbonyl (C=O) groups excluding carboxylic acids is 1. The van der Waals surface area contributed by atoms with E-state index in [4.69, 9.17) is 0 Å². The van der Waals surface area contributed by atoms with Gasteiger partial charge in [-0.05, 0) is 40.9 Å². The van der Waals surface area contributed by atoms with E-state index in [1.165, 1.54) is 32.1 Å². The monoisotopic (exact) mass is 310 g/mol. The third kappa shape index (κ3) is 3.80. The Hall–Kier alpha value is -0.900. The van der Waals surface area contributed by atoms with Crippen molar-refractivity contribution in [2.75, 3.05) is 5.32 Å². The smallest absolute Gasteiger partial charge is 0.228 e. The lowest BCUT2D eigenvalue weighted by Crippen LogP contribution is -2.24. The van der Waals surface area contributed by atoms with E-state index in [1.807, 2.05) is 12.1 Å². The molecule has 1 heterocycles.